The maximum absolute atomic E-state index is 11.1. The van der Waals surface area contributed by atoms with E-state index in [4.69, 9.17) is 5.73 Å². The van der Waals surface area contributed by atoms with E-state index in [1.807, 2.05) is 32.3 Å². The largest absolute Gasteiger partial charge is 0.367 e. The normalized spacial score (nSPS) is 12.2. The average molecular weight is 285 g/mol. The van der Waals surface area contributed by atoms with Gasteiger partial charge in [0.25, 0.3) is 0 Å². The molecule has 110 valence electrons. The molecule has 6 nitrogen and oxygen atoms in total. The molecule has 0 aliphatic rings. The van der Waals surface area contributed by atoms with Crippen molar-refractivity contribution in [3.8, 4) is 11.8 Å². The lowest BCUT2D eigenvalue weighted by molar-refractivity contribution is -0.118. The molecule has 0 saturated carbocycles. The molecule has 0 aliphatic carbocycles. The summed E-state index contributed by atoms with van der Waals surface area (Å²) < 4.78 is 0. The molecule has 0 aliphatic heterocycles. The molecule has 6 heteroatoms. The number of likely N-dealkylation sites (N-methyl/N-ethyl adjacent to an activating group) is 1. The quantitative estimate of drug-likeness (QED) is 0.693. The van der Waals surface area contributed by atoms with E-state index in [0.29, 0.717) is 0 Å². The summed E-state index contributed by atoms with van der Waals surface area (Å²) in [5.41, 5.74) is 7.95. The average Bonchev–Trinajstić information content (AvgIpc) is 2.81. The van der Waals surface area contributed by atoms with Crippen molar-refractivity contribution in [3.63, 3.8) is 0 Å². The van der Waals surface area contributed by atoms with Gasteiger partial charge in [0.15, 0.2) is 0 Å². The van der Waals surface area contributed by atoms with Gasteiger partial charge in [0, 0.05) is 17.5 Å². The number of nitrogens with one attached hydrogen (secondary N) is 2. The van der Waals surface area contributed by atoms with Gasteiger partial charge in [-0.3, -0.25) is 15.2 Å². The first-order valence-corrected chi connectivity index (χ1v) is 6.61. The van der Waals surface area contributed by atoms with Crippen LogP contribution in [0.3, 0.4) is 0 Å². The summed E-state index contributed by atoms with van der Waals surface area (Å²) in [6.07, 6.45) is 0. The molecule has 4 N–H and O–H groups in total. The number of primary amides is 1. The number of hydrogen-bond donors (Lipinski definition) is 3. The van der Waals surface area contributed by atoms with Gasteiger partial charge in [0.05, 0.1) is 11.2 Å². The number of amides is 1. The molecule has 1 aromatic heterocycles. The number of fused-ring (bicyclic) bond motifs is 1. The zero-order valence-electron chi connectivity index (χ0n) is 12.4. The minimum Gasteiger partial charge on any atom is -0.367 e. The zero-order chi connectivity index (χ0) is 15.4. The Labute approximate surface area is 123 Å². The topological polar surface area (TPSA) is 87.0 Å². The highest BCUT2D eigenvalue weighted by atomic mass is 16.1. The molecule has 0 fully saturated rings. The first-order valence-electron chi connectivity index (χ1n) is 6.61. The number of nitrogens with two attached hydrogens (primary N) is 1. The number of carbonyl (C=O) groups is 1. The molecule has 1 atom stereocenters. The van der Waals surface area contributed by atoms with Crippen molar-refractivity contribution in [2.75, 3.05) is 21.1 Å². The van der Waals surface area contributed by atoms with E-state index < -0.39 is 11.9 Å². The van der Waals surface area contributed by atoms with Crippen LogP contribution in [0.25, 0.3) is 10.9 Å². The van der Waals surface area contributed by atoms with E-state index in [1.165, 1.54) is 0 Å². The summed E-state index contributed by atoms with van der Waals surface area (Å²) in [6, 6.07) is 5.15. The molecule has 0 unspecified atom stereocenters. The highest BCUT2D eigenvalue weighted by Gasteiger charge is 2.08. The standard InChI is InChI=1S/C15H19N5O/c1-17-12(15(16)21)7-5-10-4-6-11-13(8-10)18-19-14(11)9-20(2)3/h4,6,8,12,17H,9H2,1-3H3,(H2,16,21)(H,18,19)/t12-/m0/s1. The molecule has 1 heterocycles. The number of carbonyl (C=O) groups excluding carboxylic acids is 1. The van der Waals surface area contributed by atoms with Crippen LogP contribution in [0.1, 0.15) is 11.3 Å². The fraction of sp³-hybridized carbons (Fsp3) is 0.333. The first-order chi connectivity index (χ1) is 10.0. The lowest BCUT2D eigenvalue weighted by Gasteiger charge is -2.07. The van der Waals surface area contributed by atoms with Gasteiger partial charge in [0.2, 0.25) is 5.91 Å². The van der Waals surface area contributed by atoms with E-state index >= 15 is 0 Å². The predicted molar refractivity (Wildman–Crippen MR) is 82.4 cm³/mol. The first kappa shape index (κ1) is 15.0. The van der Waals surface area contributed by atoms with Gasteiger partial charge < -0.3 is 10.6 Å². The van der Waals surface area contributed by atoms with Crippen LogP contribution in [0, 0.1) is 11.8 Å². The minimum atomic E-state index is -0.649. The van der Waals surface area contributed by atoms with Crippen LogP contribution in [0.4, 0.5) is 0 Å². The van der Waals surface area contributed by atoms with E-state index in [1.54, 1.807) is 7.05 Å². The van der Waals surface area contributed by atoms with Gasteiger partial charge in [-0.2, -0.15) is 5.10 Å². The monoisotopic (exact) mass is 285 g/mol. The van der Waals surface area contributed by atoms with Crippen molar-refractivity contribution in [1.82, 2.24) is 20.4 Å². The van der Waals surface area contributed by atoms with E-state index in [-0.39, 0.29) is 0 Å². The molecule has 0 saturated heterocycles. The van der Waals surface area contributed by atoms with Gasteiger partial charge in [-0.25, -0.2) is 0 Å². The van der Waals surface area contributed by atoms with Gasteiger partial charge >= 0.3 is 0 Å². The zero-order valence-corrected chi connectivity index (χ0v) is 12.4. The maximum atomic E-state index is 11.1. The molecule has 0 spiro atoms. The Bertz CT molecular complexity index is 708. The molecule has 21 heavy (non-hydrogen) atoms. The summed E-state index contributed by atoms with van der Waals surface area (Å²) >= 11 is 0. The Hall–Kier alpha value is -2.36. The van der Waals surface area contributed by atoms with Crippen molar-refractivity contribution in [1.29, 1.82) is 0 Å². The summed E-state index contributed by atoms with van der Waals surface area (Å²) in [4.78, 5) is 13.2. The van der Waals surface area contributed by atoms with Crippen LogP contribution in [0.5, 0.6) is 0 Å². The van der Waals surface area contributed by atoms with Crippen molar-refractivity contribution in [3.05, 3.63) is 29.5 Å². The minimum absolute atomic E-state index is 0.487. The Balaban J connectivity index is 2.28. The van der Waals surface area contributed by atoms with E-state index in [9.17, 15) is 4.79 Å². The fourth-order valence-electron chi connectivity index (χ4n) is 2.02. The predicted octanol–water partition coefficient (Wildman–Crippen LogP) is 0.0493. The highest BCUT2D eigenvalue weighted by molar-refractivity contribution is 5.84. The van der Waals surface area contributed by atoms with Crippen LogP contribution in [0.15, 0.2) is 18.2 Å². The number of nitrogens with zero attached hydrogens (tertiary/aromatic N) is 2. The molecule has 0 bridgehead atoms. The highest BCUT2D eigenvalue weighted by Crippen LogP contribution is 2.18. The third-order valence-electron chi connectivity index (χ3n) is 3.04. The van der Waals surface area contributed by atoms with Crippen LogP contribution in [0.2, 0.25) is 0 Å². The van der Waals surface area contributed by atoms with Gasteiger partial charge in [-0.15, -0.1) is 0 Å². The van der Waals surface area contributed by atoms with E-state index in [0.717, 1.165) is 28.7 Å². The van der Waals surface area contributed by atoms with Gasteiger partial charge in [-0.05, 0) is 39.3 Å². The van der Waals surface area contributed by atoms with E-state index in [2.05, 4.69) is 32.3 Å². The summed E-state index contributed by atoms with van der Waals surface area (Å²) in [6.45, 7) is 0.797. The molecular formula is C15H19N5O. The Morgan fingerprint density at radius 2 is 2.29 bits per heavy atom. The summed E-state index contributed by atoms with van der Waals surface area (Å²) in [5.74, 6) is 5.26. The number of aromatic amines is 1. The molecular weight excluding hydrogens is 266 g/mol. The van der Waals surface area contributed by atoms with Crippen molar-refractivity contribution in [2.45, 2.75) is 12.6 Å². The molecule has 1 amide bonds. The van der Waals surface area contributed by atoms with Crippen LogP contribution < -0.4 is 11.1 Å². The summed E-state index contributed by atoms with van der Waals surface area (Å²) in [5, 5.41) is 11.2. The van der Waals surface area contributed by atoms with Crippen molar-refractivity contribution >= 4 is 16.8 Å². The Kier molecular flexibility index (Phi) is 4.58. The fourth-order valence-corrected chi connectivity index (χ4v) is 2.02. The molecule has 1 aromatic carbocycles. The lowest BCUT2D eigenvalue weighted by atomic mass is 10.1. The van der Waals surface area contributed by atoms with Crippen molar-refractivity contribution < 1.29 is 4.79 Å². The second-order valence-electron chi connectivity index (χ2n) is 5.07. The number of rotatable bonds is 4. The van der Waals surface area contributed by atoms with Crippen LogP contribution in [-0.2, 0) is 11.3 Å². The third-order valence-corrected chi connectivity index (χ3v) is 3.04. The van der Waals surface area contributed by atoms with Crippen LogP contribution in [-0.4, -0.2) is 48.2 Å². The number of aromatic nitrogens is 2. The number of H-pyrrole nitrogens is 1. The third kappa shape index (κ3) is 3.60. The molecule has 2 aromatic rings. The number of benzene rings is 1. The Morgan fingerprint density at radius 3 is 2.90 bits per heavy atom. The second-order valence-corrected chi connectivity index (χ2v) is 5.07. The van der Waals surface area contributed by atoms with Crippen molar-refractivity contribution in [2.24, 2.45) is 5.73 Å². The SMILES string of the molecule is CN[C@@H](C#Cc1ccc2c(CN(C)C)[nH]nc2c1)C(N)=O. The number of hydrogen-bond acceptors (Lipinski definition) is 4. The van der Waals surface area contributed by atoms with Gasteiger partial charge in [0.1, 0.15) is 6.04 Å². The smallest absolute Gasteiger partial charge is 0.247 e. The van der Waals surface area contributed by atoms with Crippen LogP contribution >= 0.6 is 0 Å². The summed E-state index contributed by atoms with van der Waals surface area (Å²) in [7, 11) is 5.66. The molecule has 0 radical (unpaired) electrons. The maximum Gasteiger partial charge on any atom is 0.247 e. The Morgan fingerprint density at radius 1 is 1.52 bits per heavy atom. The second kappa shape index (κ2) is 6.39. The molecule has 2 rings (SSSR count). The van der Waals surface area contributed by atoms with Gasteiger partial charge in [-0.1, -0.05) is 11.8 Å². The lowest BCUT2D eigenvalue weighted by Crippen LogP contribution is -2.37.